The Labute approximate surface area is 149 Å². The van der Waals surface area contributed by atoms with Crippen molar-refractivity contribution in [3.05, 3.63) is 40.9 Å². The molecule has 4 nitrogen and oxygen atoms in total. The van der Waals surface area contributed by atoms with Crippen LogP contribution in [0, 0.1) is 0 Å². The number of aryl methyl sites for hydroxylation is 1. The first-order valence-corrected chi connectivity index (χ1v) is 8.76. The molecule has 0 spiro atoms. The number of carbonyl (C=O) groups is 1. The van der Waals surface area contributed by atoms with Gasteiger partial charge in [-0.2, -0.15) is 12.6 Å². The van der Waals surface area contributed by atoms with Crippen LogP contribution in [0.3, 0.4) is 0 Å². The fourth-order valence-electron chi connectivity index (χ4n) is 2.53. The normalized spacial score (nSPS) is 19.5. The SMILES string of the molecule is CC1(C)OB(C(=Cc2ccccc2CCC(=O)O)CS)OC1(C)C. The van der Waals surface area contributed by atoms with E-state index in [0.717, 1.165) is 16.6 Å². The number of hydrogen-bond donors (Lipinski definition) is 2. The van der Waals surface area contributed by atoms with Crippen LogP contribution in [0.15, 0.2) is 29.7 Å². The van der Waals surface area contributed by atoms with E-state index in [1.807, 2.05) is 58.0 Å². The maximum absolute atomic E-state index is 10.8. The minimum absolute atomic E-state index is 0.109. The lowest BCUT2D eigenvalue weighted by Gasteiger charge is -2.32. The van der Waals surface area contributed by atoms with Gasteiger partial charge < -0.3 is 14.4 Å². The first-order chi connectivity index (χ1) is 11.2. The number of benzene rings is 1. The molecular formula is C18H25BO4S. The quantitative estimate of drug-likeness (QED) is 0.609. The van der Waals surface area contributed by atoms with Gasteiger partial charge in [0.05, 0.1) is 11.2 Å². The minimum atomic E-state index is -0.797. The Morgan fingerprint density at radius 2 is 1.79 bits per heavy atom. The lowest BCUT2D eigenvalue weighted by Crippen LogP contribution is -2.41. The third-order valence-electron chi connectivity index (χ3n) is 4.74. The molecule has 0 radical (unpaired) electrons. The van der Waals surface area contributed by atoms with E-state index < -0.39 is 24.3 Å². The Balaban J connectivity index is 2.27. The van der Waals surface area contributed by atoms with Crippen LogP contribution < -0.4 is 0 Å². The summed E-state index contributed by atoms with van der Waals surface area (Å²) in [4.78, 5) is 10.8. The van der Waals surface area contributed by atoms with Gasteiger partial charge in [-0.05, 0) is 50.7 Å². The predicted octanol–water partition coefficient (Wildman–Crippen LogP) is 3.65. The summed E-state index contributed by atoms with van der Waals surface area (Å²) in [5.74, 6) is -0.293. The molecule has 1 N–H and O–H groups in total. The van der Waals surface area contributed by atoms with Gasteiger partial charge in [-0.3, -0.25) is 4.79 Å². The molecule has 1 aromatic rings. The van der Waals surface area contributed by atoms with Gasteiger partial charge in [0.15, 0.2) is 0 Å². The number of hydrogen-bond acceptors (Lipinski definition) is 4. The summed E-state index contributed by atoms with van der Waals surface area (Å²) >= 11 is 4.43. The second-order valence-electron chi connectivity index (χ2n) is 7.06. The third-order valence-corrected chi connectivity index (χ3v) is 5.11. The first kappa shape index (κ1) is 19.1. The van der Waals surface area contributed by atoms with Gasteiger partial charge in [-0.1, -0.05) is 30.3 Å². The number of thiol groups is 1. The van der Waals surface area contributed by atoms with Gasteiger partial charge in [-0.15, -0.1) is 0 Å². The summed E-state index contributed by atoms with van der Waals surface area (Å²) in [6.45, 7) is 8.07. The molecule has 6 heteroatoms. The van der Waals surface area contributed by atoms with Crippen molar-refractivity contribution in [2.75, 3.05) is 5.75 Å². The summed E-state index contributed by atoms with van der Waals surface area (Å²) in [6, 6.07) is 7.79. The van der Waals surface area contributed by atoms with Crippen molar-refractivity contribution in [3.63, 3.8) is 0 Å². The first-order valence-electron chi connectivity index (χ1n) is 8.13. The Bertz CT molecular complexity index is 624. The number of carboxylic acid groups (broad SMARTS) is 1. The highest BCUT2D eigenvalue weighted by Gasteiger charge is 2.52. The highest BCUT2D eigenvalue weighted by Crippen LogP contribution is 2.39. The van der Waals surface area contributed by atoms with Crippen molar-refractivity contribution in [3.8, 4) is 0 Å². The zero-order valence-electron chi connectivity index (χ0n) is 14.7. The summed E-state index contributed by atoms with van der Waals surface area (Å²) in [5.41, 5.74) is 2.11. The van der Waals surface area contributed by atoms with E-state index in [2.05, 4.69) is 12.6 Å². The topological polar surface area (TPSA) is 55.8 Å². The molecule has 1 aromatic carbocycles. The van der Waals surface area contributed by atoms with E-state index in [1.165, 1.54) is 0 Å². The van der Waals surface area contributed by atoms with Crippen LogP contribution in [0.5, 0.6) is 0 Å². The number of carboxylic acids is 1. The predicted molar refractivity (Wildman–Crippen MR) is 100 cm³/mol. The fourth-order valence-corrected chi connectivity index (χ4v) is 2.77. The molecule has 1 aliphatic rings. The summed E-state index contributed by atoms with van der Waals surface area (Å²) < 4.78 is 12.2. The molecule has 0 amide bonds. The van der Waals surface area contributed by atoms with Crippen LogP contribution in [0.1, 0.15) is 45.2 Å². The van der Waals surface area contributed by atoms with Gasteiger partial charge >= 0.3 is 13.1 Å². The molecule has 0 atom stereocenters. The Hall–Kier alpha value is -1.24. The van der Waals surface area contributed by atoms with Crippen molar-refractivity contribution in [2.24, 2.45) is 0 Å². The van der Waals surface area contributed by atoms with E-state index in [4.69, 9.17) is 14.4 Å². The van der Waals surface area contributed by atoms with E-state index in [1.54, 1.807) is 0 Å². The van der Waals surface area contributed by atoms with E-state index >= 15 is 0 Å². The Morgan fingerprint density at radius 3 is 2.33 bits per heavy atom. The van der Waals surface area contributed by atoms with Crippen molar-refractivity contribution >= 4 is 31.8 Å². The highest BCUT2D eigenvalue weighted by molar-refractivity contribution is 7.80. The molecule has 0 saturated carbocycles. The standard InChI is InChI=1S/C18H25BO4S/c1-17(2)18(3,4)23-19(22-17)15(12-24)11-14-8-6-5-7-13(14)9-10-16(20)21/h5-8,11,24H,9-10,12H2,1-4H3,(H,20,21). The maximum Gasteiger partial charge on any atom is 0.491 e. The van der Waals surface area contributed by atoms with Gasteiger partial charge in [0.25, 0.3) is 0 Å². The van der Waals surface area contributed by atoms with Gasteiger partial charge in [-0.25, -0.2) is 0 Å². The maximum atomic E-state index is 10.8. The van der Waals surface area contributed by atoms with Crippen molar-refractivity contribution in [2.45, 2.75) is 51.7 Å². The van der Waals surface area contributed by atoms with E-state index in [-0.39, 0.29) is 6.42 Å². The summed E-state index contributed by atoms with van der Waals surface area (Å²) in [6.07, 6.45) is 2.61. The average Bonchev–Trinajstić information content (AvgIpc) is 2.71. The van der Waals surface area contributed by atoms with Crippen LogP contribution in [0.25, 0.3) is 6.08 Å². The largest absolute Gasteiger partial charge is 0.491 e. The number of rotatable bonds is 6. The van der Waals surface area contributed by atoms with Gasteiger partial charge in [0.1, 0.15) is 0 Å². The second kappa shape index (κ2) is 7.34. The average molecular weight is 348 g/mol. The molecule has 2 rings (SSSR count). The number of aliphatic carboxylic acids is 1. The Kier molecular flexibility index (Phi) is 5.84. The van der Waals surface area contributed by atoms with E-state index in [0.29, 0.717) is 12.2 Å². The Morgan fingerprint density at radius 1 is 1.21 bits per heavy atom. The molecule has 0 unspecified atom stereocenters. The molecular weight excluding hydrogens is 323 g/mol. The van der Waals surface area contributed by atoms with Crippen molar-refractivity contribution in [1.82, 2.24) is 0 Å². The zero-order valence-corrected chi connectivity index (χ0v) is 15.6. The molecule has 130 valence electrons. The highest BCUT2D eigenvalue weighted by atomic mass is 32.1. The second-order valence-corrected chi connectivity index (χ2v) is 7.37. The molecule has 24 heavy (non-hydrogen) atoms. The minimum Gasteiger partial charge on any atom is -0.481 e. The van der Waals surface area contributed by atoms with Crippen LogP contribution in [0.4, 0.5) is 0 Å². The molecule has 1 aliphatic heterocycles. The molecule has 0 bridgehead atoms. The monoisotopic (exact) mass is 348 g/mol. The third kappa shape index (κ3) is 4.24. The molecule has 0 aromatic heterocycles. The lowest BCUT2D eigenvalue weighted by molar-refractivity contribution is -0.136. The van der Waals surface area contributed by atoms with Crippen molar-refractivity contribution in [1.29, 1.82) is 0 Å². The molecule has 1 fully saturated rings. The molecule has 1 heterocycles. The van der Waals surface area contributed by atoms with Gasteiger partial charge in [0.2, 0.25) is 0 Å². The van der Waals surface area contributed by atoms with Crippen LogP contribution in [0.2, 0.25) is 0 Å². The molecule has 0 aliphatic carbocycles. The van der Waals surface area contributed by atoms with Gasteiger partial charge in [0, 0.05) is 12.2 Å². The zero-order chi connectivity index (χ0) is 18.0. The van der Waals surface area contributed by atoms with Crippen LogP contribution in [-0.2, 0) is 20.5 Å². The van der Waals surface area contributed by atoms with E-state index in [9.17, 15) is 4.79 Å². The lowest BCUT2D eigenvalue weighted by atomic mass is 9.78. The van der Waals surface area contributed by atoms with Crippen molar-refractivity contribution < 1.29 is 19.2 Å². The smallest absolute Gasteiger partial charge is 0.481 e. The fraction of sp³-hybridized carbons (Fsp3) is 0.500. The van der Waals surface area contributed by atoms with Crippen LogP contribution in [-0.4, -0.2) is 35.1 Å². The van der Waals surface area contributed by atoms with Crippen LogP contribution >= 0.6 is 12.6 Å². The summed E-state index contributed by atoms with van der Waals surface area (Å²) in [5, 5.41) is 8.91. The summed E-state index contributed by atoms with van der Waals surface area (Å²) in [7, 11) is -0.444. The molecule has 1 saturated heterocycles.